The van der Waals surface area contributed by atoms with Crippen LogP contribution in [0.5, 0.6) is 0 Å². The molecule has 0 aliphatic heterocycles. The molecule has 2 atom stereocenters. The van der Waals surface area contributed by atoms with Crippen molar-refractivity contribution < 1.29 is 0 Å². The number of nitriles is 1. The Morgan fingerprint density at radius 3 is 2.26 bits per heavy atom. The number of hydrogen-bond donors (Lipinski definition) is 1. The molecule has 2 unspecified atom stereocenters. The first kappa shape index (κ1) is 18.4. The minimum Gasteiger partial charge on any atom is -0.303 e. The molecule has 112 valence electrons. The lowest BCUT2D eigenvalue weighted by atomic mass is 9.87. The molecule has 0 radical (unpaired) electrons. The first-order valence-corrected chi connectivity index (χ1v) is 7.53. The minimum atomic E-state index is -0.373. The molecular weight excluding hydrogens is 234 g/mol. The van der Waals surface area contributed by atoms with E-state index in [0.29, 0.717) is 11.5 Å². The lowest BCUT2D eigenvalue weighted by Crippen LogP contribution is -2.43. The van der Waals surface area contributed by atoms with Crippen molar-refractivity contribution in [2.75, 3.05) is 20.1 Å². The van der Waals surface area contributed by atoms with Gasteiger partial charge in [0.15, 0.2) is 0 Å². The largest absolute Gasteiger partial charge is 0.303 e. The molecule has 0 aromatic rings. The molecule has 3 nitrogen and oxygen atoms in total. The van der Waals surface area contributed by atoms with E-state index in [4.69, 9.17) is 0 Å². The Kier molecular flexibility index (Phi) is 7.62. The number of nitrogens with one attached hydrogen (secondary N) is 1. The van der Waals surface area contributed by atoms with Crippen LogP contribution in [0.25, 0.3) is 0 Å². The van der Waals surface area contributed by atoms with Crippen LogP contribution in [0.3, 0.4) is 0 Å². The van der Waals surface area contributed by atoms with Crippen LogP contribution in [-0.4, -0.2) is 36.6 Å². The quantitative estimate of drug-likeness (QED) is 0.732. The van der Waals surface area contributed by atoms with Crippen molar-refractivity contribution in [1.82, 2.24) is 10.2 Å². The van der Waals surface area contributed by atoms with Gasteiger partial charge in [0.25, 0.3) is 0 Å². The zero-order chi connectivity index (χ0) is 15.1. The summed E-state index contributed by atoms with van der Waals surface area (Å²) >= 11 is 0. The van der Waals surface area contributed by atoms with Crippen LogP contribution in [0.2, 0.25) is 0 Å². The third-order valence-electron chi connectivity index (χ3n) is 4.11. The molecule has 3 heteroatoms. The molecule has 0 bridgehead atoms. The van der Waals surface area contributed by atoms with Gasteiger partial charge in [0, 0.05) is 6.04 Å². The SMILES string of the molecule is CCCNC(C)(C#N)CCCN(C)C(C)C(C)(C)C. The van der Waals surface area contributed by atoms with Gasteiger partial charge in [0.1, 0.15) is 5.54 Å². The molecule has 19 heavy (non-hydrogen) atoms. The minimum absolute atomic E-state index is 0.299. The molecule has 0 spiro atoms. The van der Waals surface area contributed by atoms with Gasteiger partial charge in [0.2, 0.25) is 0 Å². The predicted molar refractivity (Wildman–Crippen MR) is 83.1 cm³/mol. The third-order valence-corrected chi connectivity index (χ3v) is 4.11. The molecule has 0 rings (SSSR count). The molecule has 0 aliphatic carbocycles. The van der Waals surface area contributed by atoms with Gasteiger partial charge in [-0.05, 0) is 58.7 Å². The lowest BCUT2D eigenvalue weighted by molar-refractivity contribution is 0.137. The molecule has 0 saturated heterocycles. The van der Waals surface area contributed by atoms with Crippen molar-refractivity contribution >= 4 is 0 Å². The topological polar surface area (TPSA) is 39.1 Å². The van der Waals surface area contributed by atoms with E-state index in [2.05, 4.69) is 58.0 Å². The van der Waals surface area contributed by atoms with Gasteiger partial charge >= 0.3 is 0 Å². The van der Waals surface area contributed by atoms with Crippen LogP contribution in [0.4, 0.5) is 0 Å². The van der Waals surface area contributed by atoms with E-state index >= 15 is 0 Å². The van der Waals surface area contributed by atoms with Crippen molar-refractivity contribution in [3.63, 3.8) is 0 Å². The summed E-state index contributed by atoms with van der Waals surface area (Å²) in [4.78, 5) is 2.40. The molecule has 0 aromatic carbocycles. The maximum absolute atomic E-state index is 9.29. The number of rotatable bonds is 8. The normalized spacial score (nSPS) is 17.0. The Balaban J connectivity index is 4.17. The molecule has 0 fully saturated rings. The van der Waals surface area contributed by atoms with Gasteiger partial charge in [-0.2, -0.15) is 5.26 Å². The van der Waals surface area contributed by atoms with E-state index in [1.807, 2.05) is 6.92 Å². The van der Waals surface area contributed by atoms with Gasteiger partial charge in [-0.3, -0.25) is 5.32 Å². The highest BCUT2D eigenvalue weighted by molar-refractivity contribution is 5.03. The van der Waals surface area contributed by atoms with Crippen LogP contribution in [0, 0.1) is 16.7 Å². The summed E-state index contributed by atoms with van der Waals surface area (Å²) < 4.78 is 0. The monoisotopic (exact) mass is 267 g/mol. The van der Waals surface area contributed by atoms with Crippen LogP contribution in [0.15, 0.2) is 0 Å². The van der Waals surface area contributed by atoms with E-state index in [0.717, 1.165) is 32.4 Å². The molecule has 0 amide bonds. The lowest BCUT2D eigenvalue weighted by Gasteiger charge is -2.36. The fourth-order valence-electron chi connectivity index (χ4n) is 2.12. The third kappa shape index (κ3) is 6.94. The maximum Gasteiger partial charge on any atom is 0.103 e. The van der Waals surface area contributed by atoms with Crippen molar-refractivity contribution in [2.45, 2.75) is 72.4 Å². The Bertz CT molecular complexity index is 287. The first-order valence-electron chi connectivity index (χ1n) is 7.53. The van der Waals surface area contributed by atoms with Gasteiger partial charge in [-0.15, -0.1) is 0 Å². The molecular formula is C16H33N3. The van der Waals surface area contributed by atoms with Crippen molar-refractivity contribution in [3.05, 3.63) is 0 Å². The standard InChI is InChI=1S/C16H33N3/c1-8-11-18-16(6,13-17)10-9-12-19(7)14(2)15(3,4)5/h14,18H,8-12H2,1-7H3. The summed E-state index contributed by atoms with van der Waals surface area (Å²) in [6.45, 7) is 15.2. The van der Waals surface area contributed by atoms with Gasteiger partial charge < -0.3 is 4.90 Å². The second-order valence-corrected chi connectivity index (χ2v) is 7.00. The second-order valence-electron chi connectivity index (χ2n) is 7.00. The zero-order valence-corrected chi connectivity index (χ0v) is 14.0. The summed E-state index contributed by atoms with van der Waals surface area (Å²) in [6, 6.07) is 2.96. The van der Waals surface area contributed by atoms with E-state index < -0.39 is 0 Å². The average Bonchev–Trinajstić information content (AvgIpc) is 2.34. The fourth-order valence-corrected chi connectivity index (χ4v) is 2.12. The molecule has 0 aliphatic rings. The zero-order valence-electron chi connectivity index (χ0n) is 14.0. The Morgan fingerprint density at radius 1 is 1.26 bits per heavy atom. The number of hydrogen-bond acceptors (Lipinski definition) is 3. The highest BCUT2D eigenvalue weighted by Crippen LogP contribution is 2.23. The van der Waals surface area contributed by atoms with Gasteiger partial charge in [0.05, 0.1) is 6.07 Å². The highest BCUT2D eigenvalue weighted by Gasteiger charge is 2.25. The van der Waals surface area contributed by atoms with Crippen LogP contribution in [0.1, 0.15) is 60.8 Å². The Hall–Kier alpha value is -0.590. The van der Waals surface area contributed by atoms with Gasteiger partial charge in [-0.25, -0.2) is 0 Å². The van der Waals surface area contributed by atoms with Gasteiger partial charge in [-0.1, -0.05) is 27.7 Å². The van der Waals surface area contributed by atoms with Crippen LogP contribution < -0.4 is 5.32 Å². The molecule has 0 heterocycles. The smallest absolute Gasteiger partial charge is 0.103 e. The van der Waals surface area contributed by atoms with E-state index in [1.54, 1.807) is 0 Å². The first-order chi connectivity index (χ1) is 8.66. The van der Waals surface area contributed by atoms with Crippen molar-refractivity contribution in [3.8, 4) is 6.07 Å². The fraction of sp³-hybridized carbons (Fsp3) is 0.938. The second kappa shape index (κ2) is 7.87. The molecule has 1 N–H and O–H groups in total. The summed E-state index contributed by atoms with van der Waals surface area (Å²) in [7, 11) is 2.18. The molecule has 0 saturated carbocycles. The van der Waals surface area contributed by atoms with E-state index in [-0.39, 0.29) is 5.54 Å². The average molecular weight is 267 g/mol. The molecule has 0 aromatic heterocycles. The summed E-state index contributed by atoms with van der Waals surface area (Å²) in [5.74, 6) is 0. The predicted octanol–water partition coefficient (Wildman–Crippen LogP) is 3.41. The summed E-state index contributed by atoms with van der Waals surface area (Å²) in [5, 5.41) is 12.6. The number of nitrogens with zero attached hydrogens (tertiary/aromatic N) is 2. The highest BCUT2D eigenvalue weighted by atomic mass is 15.1. The maximum atomic E-state index is 9.29. The Labute approximate surface area is 120 Å². The van der Waals surface area contributed by atoms with Crippen molar-refractivity contribution in [1.29, 1.82) is 5.26 Å². The van der Waals surface area contributed by atoms with Crippen molar-refractivity contribution in [2.24, 2.45) is 5.41 Å². The summed E-state index contributed by atoms with van der Waals surface area (Å²) in [5.41, 5.74) is -0.0738. The summed E-state index contributed by atoms with van der Waals surface area (Å²) in [6.07, 6.45) is 3.03. The van der Waals surface area contributed by atoms with Crippen LogP contribution in [-0.2, 0) is 0 Å². The van der Waals surface area contributed by atoms with E-state index in [9.17, 15) is 5.26 Å². The Morgan fingerprint density at radius 2 is 1.84 bits per heavy atom. The van der Waals surface area contributed by atoms with E-state index in [1.165, 1.54) is 0 Å². The van der Waals surface area contributed by atoms with Crippen LogP contribution >= 0.6 is 0 Å².